The molecule has 0 bridgehead atoms. The molecule has 2 aromatic heterocycles. The number of aromatic nitrogens is 2. The van der Waals surface area contributed by atoms with Gasteiger partial charge in [-0.1, -0.05) is 0 Å². The third-order valence-electron chi connectivity index (χ3n) is 4.39. The van der Waals surface area contributed by atoms with Crippen LogP contribution in [0, 0.1) is 13.8 Å². The Morgan fingerprint density at radius 1 is 1.23 bits per heavy atom. The van der Waals surface area contributed by atoms with Gasteiger partial charge in [0.2, 0.25) is 0 Å². The second kappa shape index (κ2) is 7.85. The van der Waals surface area contributed by atoms with Crippen LogP contribution in [0.5, 0.6) is 0 Å². The number of likely N-dealkylation sites (N-methyl/N-ethyl adjacent to an activating group) is 1. The number of amides is 1. The fourth-order valence-corrected chi connectivity index (χ4v) is 3.71. The van der Waals surface area contributed by atoms with Gasteiger partial charge in [0.25, 0.3) is 5.91 Å². The Kier molecular flexibility index (Phi) is 5.54. The molecular formula is C20H24N4OS. The normalized spacial score (nSPS) is 12.3. The maximum Gasteiger partial charge on any atom is 0.251 e. The zero-order chi connectivity index (χ0) is 18.7. The van der Waals surface area contributed by atoms with Crippen LogP contribution in [0.15, 0.2) is 47.2 Å². The zero-order valence-electron chi connectivity index (χ0n) is 15.6. The summed E-state index contributed by atoms with van der Waals surface area (Å²) >= 11 is 1.67. The molecule has 3 rings (SSSR count). The minimum atomic E-state index is -0.0630. The maximum atomic E-state index is 12.5. The van der Waals surface area contributed by atoms with Crippen LogP contribution in [0.3, 0.4) is 0 Å². The maximum absolute atomic E-state index is 12.5. The molecule has 3 aromatic rings. The van der Waals surface area contributed by atoms with Crippen molar-refractivity contribution >= 4 is 17.2 Å². The first-order valence-corrected chi connectivity index (χ1v) is 9.50. The van der Waals surface area contributed by atoms with Gasteiger partial charge in [-0.25, -0.2) is 4.68 Å². The van der Waals surface area contributed by atoms with Gasteiger partial charge in [0.05, 0.1) is 17.4 Å². The lowest BCUT2D eigenvalue weighted by atomic mass is 10.1. The number of carbonyl (C=O) groups is 1. The average Bonchev–Trinajstić information content (AvgIpc) is 3.24. The van der Waals surface area contributed by atoms with Crippen molar-refractivity contribution < 1.29 is 4.79 Å². The van der Waals surface area contributed by atoms with Crippen molar-refractivity contribution in [2.24, 2.45) is 0 Å². The lowest BCUT2D eigenvalue weighted by Gasteiger charge is -2.24. The van der Waals surface area contributed by atoms with Crippen LogP contribution in [-0.2, 0) is 0 Å². The van der Waals surface area contributed by atoms with Gasteiger partial charge in [0.15, 0.2) is 0 Å². The van der Waals surface area contributed by atoms with E-state index in [1.165, 1.54) is 5.56 Å². The summed E-state index contributed by atoms with van der Waals surface area (Å²) in [6.45, 7) is 4.56. The topological polar surface area (TPSA) is 50.2 Å². The minimum absolute atomic E-state index is 0.0630. The Bertz CT molecular complexity index is 866. The molecule has 26 heavy (non-hydrogen) atoms. The highest BCUT2D eigenvalue weighted by atomic mass is 32.1. The average molecular weight is 369 g/mol. The van der Waals surface area contributed by atoms with E-state index in [-0.39, 0.29) is 11.9 Å². The molecule has 1 amide bonds. The van der Waals surface area contributed by atoms with E-state index in [9.17, 15) is 4.79 Å². The summed E-state index contributed by atoms with van der Waals surface area (Å²) < 4.78 is 1.88. The molecule has 0 saturated carbocycles. The van der Waals surface area contributed by atoms with Crippen molar-refractivity contribution in [1.82, 2.24) is 20.0 Å². The summed E-state index contributed by atoms with van der Waals surface area (Å²) in [5, 5.41) is 11.7. The molecule has 2 heterocycles. The third-order valence-corrected chi connectivity index (χ3v) is 5.09. The SMILES string of the molecule is Cc1cc(C)n(-c2ccc(C(=O)NCC(c3ccsc3)N(C)C)cc2)n1. The van der Waals surface area contributed by atoms with E-state index in [1.54, 1.807) is 11.3 Å². The molecule has 1 aromatic carbocycles. The minimum Gasteiger partial charge on any atom is -0.350 e. The van der Waals surface area contributed by atoms with Gasteiger partial charge in [-0.05, 0) is 80.7 Å². The van der Waals surface area contributed by atoms with Crippen LogP contribution in [0.1, 0.15) is 33.4 Å². The van der Waals surface area contributed by atoms with E-state index in [2.05, 4.69) is 32.1 Å². The molecule has 0 fully saturated rings. The standard InChI is InChI=1S/C20H24N4OS/c1-14-11-15(2)24(22-14)18-7-5-16(6-8-18)20(25)21-12-19(23(3)4)17-9-10-26-13-17/h5-11,13,19H,12H2,1-4H3,(H,21,25). The van der Waals surface area contributed by atoms with E-state index >= 15 is 0 Å². The Balaban J connectivity index is 1.67. The van der Waals surface area contributed by atoms with Crippen LogP contribution in [-0.4, -0.2) is 41.2 Å². The fraction of sp³-hybridized carbons (Fsp3) is 0.300. The van der Waals surface area contributed by atoms with Crippen LogP contribution in [0.25, 0.3) is 5.69 Å². The van der Waals surface area contributed by atoms with E-state index in [0.717, 1.165) is 17.1 Å². The highest BCUT2D eigenvalue weighted by Crippen LogP contribution is 2.20. The summed E-state index contributed by atoms with van der Waals surface area (Å²) in [4.78, 5) is 14.6. The van der Waals surface area contributed by atoms with Crippen molar-refractivity contribution in [2.45, 2.75) is 19.9 Å². The molecule has 1 N–H and O–H groups in total. The van der Waals surface area contributed by atoms with E-state index in [4.69, 9.17) is 0 Å². The molecule has 0 spiro atoms. The number of hydrogen-bond donors (Lipinski definition) is 1. The third kappa shape index (κ3) is 4.03. The lowest BCUT2D eigenvalue weighted by Crippen LogP contribution is -2.34. The van der Waals surface area contributed by atoms with Crippen LogP contribution >= 0.6 is 11.3 Å². The molecule has 136 valence electrons. The summed E-state index contributed by atoms with van der Waals surface area (Å²) in [5.41, 5.74) is 4.88. The van der Waals surface area contributed by atoms with E-state index in [0.29, 0.717) is 12.1 Å². The summed E-state index contributed by atoms with van der Waals surface area (Å²) in [6, 6.07) is 11.8. The van der Waals surface area contributed by atoms with Gasteiger partial charge >= 0.3 is 0 Å². The number of nitrogens with one attached hydrogen (secondary N) is 1. The van der Waals surface area contributed by atoms with E-state index in [1.807, 2.05) is 63.0 Å². The molecule has 1 unspecified atom stereocenters. The number of benzene rings is 1. The Hall–Kier alpha value is -2.44. The number of hydrogen-bond acceptors (Lipinski definition) is 4. The van der Waals surface area contributed by atoms with Crippen LogP contribution in [0.2, 0.25) is 0 Å². The number of carbonyl (C=O) groups excluding carboxylic acids is 1. The van der Waals surface area contributed by atoms with E-state index < -0.39 is 0 Å². The number of thiophene rings is 1. The second-order valence-corrected chi connectivity index (χ2v) is 7.41. The Morgan fingerprint density at radius 2 is 1.96 bits per heavy atom. The van der Waals surface area contributed by atoms with Crippen molar-refractivity contribution in [3.05, 3.63) is 69.7 Å². The van der Waals surface area contributed by atoms with Gasteiger partial charge in [-0.3, -0.25) is 4.79 Å². The molecule has 1 atom stereocenters. The summed E-state index contributed by atoms with van der Waals surface area (Å²) in [6.07, 6.45) is 0. The zero-order valence-corrected chi connectivity index (χ0v) is 16.4. The molecular weight excluding hydrogens is 344 g/mol. The van der Waals surface area contributed by atoms with Gasteiger partial charge in [0, 0.05) is 17.8 Å². The summed E-state index contributed by atoms with van der Waals surface area (Å²) in [7, 11) is 4.05. The molecule has 0 aliphatic carbocycles. The smallest absolute Gasteiger partial charge is 0.251 e. The van der Waals surface area contributed by atoms with Gasteiger partial charge in [-0.2, -0.15) is 16.4 Å². The number of aryl methyl sites for hydroxylation is 2. The van der Waals surface area contributed by atoms with Gasteiger partial charge < -0.3 is 10.2 Å². The molecule has 6 heteroatoms. The first kappa shape index (κ1) is 18.4. The Morgan fingerprint density at radius 3 is 2.50 bits per heavy atom. The van der Waals surface area contributed by atoms with Gasteiger partial charge in [0.1, 0.15) is 0 Å². The number of nitrogens with zero attached hydrogens (tertiary/aromatic N) is 3. The van der Waals surface area contributed by atoms with Crippen molar-refractivity contribution in [1.29, 1.82) is 0 Å². The molecule has 0 radical (unpaired) electrons. The Labute approximate surface area is 158 Å². The monoisotopic (exact) mass is 368 g/mol. The highest BCUT2D eigenvalue weighted by Gasteiger charge is 2.16. The number of rotatable bonds is 6. The highest BCUT2D eigenvalue weighted by molar-refractivity contribution is 7.07. The second-order valence-electron chi connectivity index (χ2n) is 6.63. The van der Waals surface area contributed by atoms with Crippen LogP contribution in [0.4, 0.5) is 0 Å². The first-order valence-electron chi connectivity index (χ1n) is 8.56. The fourth-order valence-electron chi connectivity index (χ4n) is 3.00. The van der Waals surface area contributed by atoms with Crippen molar-refractivity contribution in [3.63, 3.8) is 0 Å². The van der Waals surface area contributed by atoms with Gasteiger partial charge in [-0.15, -0.1) is 0 Å². The van der Waals surface area contributed by atoms with Crippen molar-refractivity contribution in [2.75, 3.05) is 20.6 Å². The predicted octanol–water partition coefficient (Wildman–Crippen LogP) is 3.58. The van der Waals surface area contributed by atoms with Crippen molar-refractivity contribution in [3.8, 4) is 5.69 Å². The predicted molar refractivity (Wildman–Crippen MR) is 106 cm³/mol. The first-order chi connectivity index (χ1) is 12.5. The quantitative estimate of drug-likeness (QED) is 0.723. The lowest BCUT2D eigenvalue weighted by molar-refractivity contribution is 0.0942. The molecule has 5 nitrogen and oxygen atoms in total. The molecule has 0 aliphatic heterocycles. The van der Waals surface area contributed by atoms with Crippen LogP contribution < -0.4 is 5.32 Å². The molecule has 0 aliphatic rings. The summed E-state index contributed by atoms with van der Waals surface area (Å²) in [5.74, 6) is -0.0630. The molecule has 0 saturated heterocycles. The largest absolute Gasteiger partial charge is 0.350 e.